The minimum absolute atomic E-state index is 0. The monoisotopic (exact) mass is 1310 g/mol. The van der Waals surface area contributed by atoms with E-state index in [0.29, 0.717) is 96.7 Å². The standard InChI is InChI=1S/C48H24N8.C12H6N2.C7H15O4.CH3.3ClH.2Ga/c1-2-10-26-18-34-33(17-25(26)9-1)41-49-42(34)54-44-37-21-29-13-5-6-14-30(29)22-38(37)46(51-44)56-48-40-24-32-16-8-7-15-31(32)23-39(40)47(52-48)55-45-36-20-28-12-4-3-11-27(28)19-35(36)43(50-45)53-41;13-7-11-5-9-3-1-2-4-10(9)6-12(11)8-14;1-9-4-5-11-7-6-10-3-2-8;;;;;;/h1-24H;1-6H;2-7H2,1H3;1H3;3*1H;;/q-2;;2*-1;;;;2*+3/p-3. The molecule has 12 aromatic rings. The van der Waals surface area contributed by atoms with Crippen LogP contribution in [0.1, 0.15) is 33.4 Å². The van der Waals surface area contributed by atoms with E-state index >= 15 is 0 Å². The summed E-state index contributed by atoms with van der Waals surface area (Å²) in [5.74, 6) is 3.76. The average molecular weight is 1320 g/mol. The van der Waals surface area contributed by atoms with Gasteiger partial charge < -0.3 is 7.43 Å². The van der Waals surface area contributed by atoms with Crippen molar-refractivity contribution in [1.29, 1.82) is 10.5 Å². The first-order valence-corrected chi connectivity index (χ1v) is 40.4. The van der Waals surface area contributed by atoms with Gasteiger partial charge in [0.2, 0.25) is 0 Å². The van der Waals surface area contributed by atoms with Crippen LogP contribution in [0.25, 0.3) is 75.4 Å². The Hall–Kier alpha value is -8.18. The molecule has 0 atom stereocenters. The quantitative estimate of drug-likeness (QED) is 0.0750. The molecule has 0 fully saturated rings. The zero-order valence-corrected chi connectivity index (χ0v) is 54.1. The molecule has 0 radical (unpaired) electrons. The summed E-state index contributed by atoms with van der Waals surface area (Å²) in [6.45, 7) is 2.54. The molecule has 6 bridgehead atoms. The number of aromatic nitrogens is 2. The van der Waals surface area contributed by atoms with Gasteiger partial charge in [-0.05, 0) is 22.9 Å². The number of rotatable bonds is 10. The first-order valence-electron chi connectivity index (χ1n) is 27.7. The molecule has 14 nitrogen and oxygen atoms in total. The van der Waals surface area contributed by atoms with Crippen molar-refractivity contribution in [2.24, 2.45) is 30.0 Å². The van der Waals surface area contributed by atoms with Crippen molar-refractivity contribution >= 4 is 170 Å². The summed E-state index contributed by atoms with van der Waals surface area (Å²) in [5, 5.41) is 32.1. The number of methoxy groups -OCH3 is 1. The third-order valence-corrected chi connectivity index (χ3v) is 20.5. The van der Waals surface area contributed by atoms with Gasteiger partial charge in [0, 0.05) is 0 Å². The Bertz CT molecular complexity index is 4860. The zero-order valence-electron chi connectivity index (χ0n) is 47.0. The summed E-state index contributed by atoms with van der Waals surface area (Å²) in [4.78, 5) is 33.4. The summed E-state index contributed by atoms with van der Waals surface area (Å²) in [6.07, 6.45) is 0. The summed E-state index contributed by atoms with van der Waals surface area (Å²) in [7, 11) is 16.6. The molecule has 0 unspecified atom stereocenters. The Kier molecular flexibility index (Phi) is 16.6. The van der Waals surface area contributed by atoms with Crippen LogP contribution in [0.15, 0.2) is 212 Å². The van der Waals surface area contributed by atoms with E-state index in [9.17, 15) is 0 Å². The number of benzene rings is 10. The number of hydrogen-bond acceptors (Lipinski definition) is 12. The molecule has 422 valence electrons. The first kappa shape index (κ1) is 57.9. The number of nitrogens with zero attached hydrogens (tertiary/aromatic N) is 10. The van der Waals surface area contributed by atoms with Crippen LogP contribution in [0.4, 0.5) is 11.6 Å². The second kappa shape index (κ2) is 24.9. The molecule has 4 aliphatic heterocycles. The number of fused-ring (bicyclic) bond motifs is 19. The fraction of sp³-hybridized carbons (Fsp3) is 0.103. The van der Waals surface area contributed by atoms with Gasteiger partial charge in [0.1, 0.15) is 12.1 Å². The first-order chi connectivity index (χ1) is 42.2. The Balaban J connectivity index is 0.000000319. The van der Waals surface area contributed by atoms with Gasteiger partial charge >= 0.3 is 439 Å². The summed E-state index contributed by atoms with van der Waals surface area (Å²) >= 11 is -5.98. The van der Waals surface area contributed by atoms with E-state index in [1.807, 2.05) is 36.4 Å². The number of ether oxygens (including phenoxy) is 3. The molecule has 0 saturated heterocycles. The summed E-state index contributed by atoms with van der Waals surface area (Å²) in [5.41, 5.74) is 5.96. The maximum absolute atomic E-state index is 8.81. The van der Waals surface area contributed by atoms with Gasteiger partial charge in [-0.1, -0.05) is 24.3 Å². The van der Waals surface area contributed by atoms with E-state index in [4.69, 9.17) is 87.1 Å². The number of aliphatic imine (C=N–C) groups is 4. The Labute approximate surface area is 522 Å². The molecular formula is C68H48Cl3Ga2N10O4-. The van der Waals surface area contributed by atoms with E-state index in [2.05, 4.69) is 152 Å². The molecule has 0 N–H and O–H groups in total. The second-order valence-electron chi connectivity index (χ2n) is 20.6. The Morgan fingerprint density at radius 3 is 1.05 bits per heavy atom. The summed E-state index contributed by atoms with van der Waals surface area (Å²) < 4.78 is 29.1. The van der Waals surface area contributed by atoms with Gasteiger partial charge in [-0.25, -0.2) is 0 Å². The van der Waals surface area contributed by atoms with Crippen LogP contribution in [-0.4, -0.2) is 107 Å². The van der Waals surface area contributed by atoms with Crippen molar-refractivity contribution < 1.29 is 17.7 Å². The second-order valence-corrected chi connectivity index (χ2v) is 36.2. The van der Waals surface area contributed by atoms with Crippen molar-refractivity contribution in [3.8, 4) is 12.1 Å². The van der Waals surface area contributed by atoms with E-state index in [0.717, 1.165) is 97.7 Å². The fourth-order valence-corrected chi connectivity index (χ4v) is 16.7. The molecule has 6 heterocycles. The van der Waals surface area contributed by atoms with Gasteiger partial charge in [-0.3, -0.25) is 0 Å². The number of hydrogen-bond donors (Lipinski definition) is 0. The van der Waals surface area contributed by atoms with E-state index < -0.39 is 30.3 Å². The third-order valence-electron chi connectivity index (χ3n) is 15.5. The molecule has 16 rings (SSSR count). The van der Waals surface area contributed by atoms with Crippen molar-refractivity contribution in [2.45, 2.75) is 0 Å². The van der Waals surface area contributed by atoms with Gasteiger partial charge in [0.05, 0.1) is 11.1 Å². The number of halogens is 3. The number of nitriles is 2. The van der Waals surface area contributed by atoms with E-state index in [1.54, 1.807) is 19.2 Å². The van der Waals surface area contributed by atoms with Crippen LogP contribution in [0, 0.1) is 30.1 Å². The normalized spacial score (nSPS) is 13.1. The van der Waals surface area contributed by atoms with Crippen LogP contribution in [-0.2, 0) is 17.7 Å². The van der Waals surface area contributed by atoms with Crippen molar-refractivity contribution in [1.82, 2.24) is 6.55 Å². The Morgan fingerprint density at radius 1 is 0.402 bits per heavy atom. The Morgan fingerprint density at radius 2 is 0.701 bits per heavy atom. The topological polar surface area (TPSA) is 169 Å². The maximum atomic E-state index is 8.81. The molecule has 87 heavy (non-hydrogen) atoms. The predicted molar refractivity (Wildman–Crippen MR) is 354 cm³/mol. The molecule has 10 aromatic carbocycles. The van der Waals surface area contributed by atoms with E-state index in [1.165, 1.54) is 0 Å². The molecule has 0 amide bonds. The summed E-state index contributed by atoms with van der Waals surface area (Å²) in [6, 6.07) is 66.6. The van der Waals surface area contributed by atoms with Gasteiger partial charge in [0.25, 0.3) is 0 Å². The average Bonchev–Trinajstić information content (AvgIpc) is 1.59. The van der Waals surface area contributed by atoms with Crippen LogP contribution in [0.2, 0.25) is 0 Å². The zero-order chi connectivity index (χ0) is 58.4. The van der Waals surface area contributed by atoms with Gasteiger partial charge in [-0.2, -0.15) is 10.5 Å². The van der Waals surface area contributed by atoms with Crippen LogP contribution >= 0.6 is 28.9 Å². The molecule has 4 aliphatic rings. The predicted octanol–water partition coefficient (Wildman–Crippen LogP) is 14.0. The number of amidine groups is 4. The van der Waals surface area contributed by atoms with Gasteiger partial charge in [-0.15, -0.1) is 0 Å². The molecular weight excluding hydrogens is 1270 g/mol. The molecule has 2 aromatic heterocycles. The van der Waals surface area contributed by atoms with Crippen LogP contribution < -0.4 is 11.0 Å². The van der Waals surface area contributed by atoms with Crippen LogP contribution in [0.5, 0.6) is 0 Å². The molecule has 19 heteroatoms. The SMILES string of the molecule is COCCOCCOCC[O][Ga]1[n]2c3c4cc5ccccc5cc4c2N=C2N=C(N=c4c5cc6ccccc6cc5c([n]41)=NC1=NC(=N3)c3cc4ccccc4cc31)c1cc3ccccc3cc12.N#Cc1cc2ccccc2cc1C#N.[CH3-].[Cl][Ga]([Cl])[Cl]. The van der Waals surface area contributed by atoms with Gasteiger partial charge in [0.15, 0.2) is 0 Å². The fourth-order valence-electron chi connectivity index (χ4n) is 11.6. The molecule has 0 spiro atoms. The molecule has 0 saturated carbocycles. The van der Waals surface area contributed by atoms with Crippen molar-refractivity contribution in [2.75, 3.05) is 46.8 Å². The van der Waals surface area contributed by atoms with Crippen molar-refractivity contribution in [3.63, 3.8) is 0 Å². The van der Waals surface area contributed by atoms with Crippen molar-refractivity contribution in [3.05, 3.63) is 234 Å². The minimum atomic E-state index is -3.92. The van der Waals surface area contributed by atoms with E-state index in [-0.39, 0.29) is 7.43 Å². The third kappa shape index (κ3) is 11.0. The van der Waals surface area contributed by atoms with Crippen LogP contribution in [0.3, 0.4) is 0 Å². The molecule has 0 aliphatic carbocycles.